The topological polar surface area (TPSA) is 61.3 Å². The first-order valence-electron chi connectivity index (χ1n) is 12.7. The number of unbranched alkanes of at least 4 members (excludes halogenated alkanes) is 6. The predicted octanol–water partition coefficient (Wildman–Crippen LogP) is 7.61. The molecular formula is C30H36N2O3. The number of carbonyl (C=O) groups is 1. The van der Waals surface area contributed by atoms with Crippen LogP contribution >= 0.6 is 0 Å². The lowest BCUT2D eigenvalue weighted by Gasteiger charge is -2.08. The summed E-state index contributed by atoms with van der Waals surface area (Å²) in [5, 5.41) is 0. The lowest BCUT2D eigenvalue weighted by molar-refractivity contribution is 0.0734. The number of benzene rings is 2. The molecule has 0 radical (unpaired) electrons. The van der Waals surface area contributed by atoms with E-state index in [0.29, 0.717) is 23.7 Å². The van der Waals surface area contributed by atoms with Gasteiger partial charge in [-0.3, -0.25) is 0 Å². The summed E-state index contributed by atoms with van der Waals surface area (Å²) in [4.78, 5) is 21.5. The van der Waals surface area contributed by atoms with E-state index in [2.05, 4.69) is 23.5 Å². The molecule has 5 heteroatoms. The Labute approximate surface area is 209 Å². The third-order valence-corrected chi connectivity index (χ3v) is 5.76. The van der Waals surface area contributed by atoms with E-state index >= 15 is 0 Å². The molecule has 0 unspecified atom stereocenters. The highest BCUT2D eigenvalue weighted by molar-refractivity contribution is 5.91. The van der Waals surface area contributed by atoms with Gasteiger partial charge in [0.05, 0.1) is 12.2 Å². The minimum atomic E-state index is -0.408. The maximum absolute atomic E-state index is 12.5. The molecule has 0 N–H and O–H groups in total. The molecule has 184 valence electrons. The van der Waals surface area contributed by atoms with Crippen molar-refractivity contribution in [3.8, 4) is 22.9 Å². The van der Waals surface area contributed by atoms with E-state index in [1.54, 1.807) is 36.4 Å². The number of aryl methyl sites for hydroxylation is 1. The summed E-state index contributed by atoms with van der Waals surface area (Å²) < 4.78 is 11.2. The number of ether oxygens (including phenoxy) is 2. The van der Waals surface area contributed by atoms with Crippen LogP contribution in [0.25, 0.3) is 11.4 Å². The SMILES string of the molecule is C=CCCCCOc1ccc(C(=O)Oc2ccc(-c3ncc(CCCCCCC)cn3)cc2)cc1. The molecule has 5 nitrogen and oxygen atoms in total. The number of hydrogen-bond donors (Lipinski definition) is 0. The molecule has 0 saturated carbocycles. The van der Waals surface area contributed by atoms with E-state index in [9.17, 15) is 4.79 Å². The Kier molecular flexibility index (Phi) is 11.0. The molecule has 35 heavy (non-hydrogen) atoms. The fraction of sp³-hybridized carbons (Fsp3) is 0.367. The second kappa shape index (κ2) is 14.7. The number of rotatable bonds is 15. The first-order valence-corrected chi connectivity index (χ1v) is 12.7. The molecule has 3 rings (SSSR count). The van der Waals surface area contributed by atoms with Crippen LogP contribution in [0.15, 0.2) is 73.6 Å². The van der Waals surface area contributed by atoms with Crippen LogP contribution in [0.5, 0.6) is 11.5 Å². The standard InChI is InChI=1S/C30H36N2O3/c1-3-5-7-9-10-12-24-22-31-29(32-23-24)25-13-19-28(20-14-25)35-30(33)26-15-17-27(18-16-26)34-21-11-8-6-4-2/h4,13-20,22-23H,2-3,5-12,21H2,1H3. The minimum absolute atomic E-state index is 0.408. The summed E-state index contributed by atoms with van der Waals surface area (Å²) in [6.45, 7) is 6.59. The Morgan fingerprint density at radius 1 is 0.857 bits per heavy atom. The van der Waals surface area contributed by atoms with Gasteiger partial charge in [-0.15, -0.1) is 6.58 Å². The van der Waals surface area contributed by atoms with Gasteiger partial charge in [0.2, 0.25) is 0 Å². The molecule has 0 fully saturated rings. The lowest BCUT2D eigenvalue weighted by atomic mass is 10.1. The van der Waals surface area contributed by atoms with Crippen molar-refractivity contribution in [1.29, 1.82) is 0 Å². The quantitative estimate of drug-likeness (QED) is 0.0985. The zero-order chi connectivity index (χ0) is 24.7. The summed E-state index contributed by atoms with van der Waals surface area (Å²) >= 11 is 0. The number of aromatic nitrogens is 2. The van der Waals surface area contributed by atoms with Crippen LogP contribution in [0.1, 0.15) is 74.2 Å². The molecule has 0 amide bonds. The van der Waals surface area contributed by atoms with Crippen molar-refractivity contribution < 1.29 is 14.3 Å². The maximum Gasteiger partial charge on any atom is 0.343 e. The molecule has 0 aliphatic rings. The summed E-state index contributed by atoms with van der Waals surface area (Å²) in [5.41, 5.74) is 2.52. The van der Waals surface area contributed by atoms with Crippen LogP contribution in [0.4, 0.5) is 0 Å². The third-order valence-electron chi connectivity index (χ3n) is 5.76. The van der Waals surface area contributed by atoms with Crippen molar-refractivity contribution in [1.82, 2.24) is 9.97 Å². The van der Waals surface area contributed by atoms with Crippen LogP contribution < -0.4 is 9.47 Å². The van der Waals surface area contributed by atoms with Gasteiger partial charge in [0.1, 0.15) is 11.5 Å². The van der Waals surface area contributed by atoms with Crippen LogP contribution in [0, 0.1) is 0 Å². The summed E-state index contributed by atoms with van der Waals surface area (Å²) in [6.07, 6.45) is 16.1. The molecule has 1 aromatic heterocycles. The van der Waals surface area contributed by atoms with Gasteiger partial charge in [-0.1, -0.05) is 38.7 Å². The number of esters is 1. The van der Waals surface area contributed by atoms with Crippen molar-refractivity contribution in [2.75, 3.05) is 6.61 Å². The Bertz CT molecular complexity index is 1030. The smallest absolute Gasteiger partial charge is 0.343 e. The first-order chi connectivity index (χ1) is 17.2. The predicted molar refractivity (Wildman–Crippen MR) is 141 cm³/mol. The van der Waals surface area contributed by atoms with Gasteiger partial charge in [-0.2, -0.15) is 0 Å². The van der Waals surface area contributed by atoms with Crippen molar-refractivity contribution in [3.63, 3.8) is 0 Å². The zero-order valence-electron chi connectivity index (χ0n) is 20.7. The number of hydrogen-bond acceptors (Lipinski definition) is 5. The fourth-order valence-electron chi connectivity index (χ4n) is 3.67. The normalized spacial score (nSPS) is 10.7. The van der Waals surface area contributed by atoms with Gasteiger partial charge in [-0.05, 0) is 86.2 Å². The highest BCUT2D eigenvalue weighted by Crippen LogP contribution is 2.21. The van der Waals surface area contributed by atoms with Gasteiger partial charge < -0.3 is 9.47 Å². The molecule has 0 spiro atoms. The molecule has 2 aromatic carbocycles. The average molecular weight is 473 g/mol. The molecule has 1 heterocycles. The lowest BCUT2D eigenvalue weighted by Crippen LogP contribution is -2.08. The molecule has 0 atom stereocenters. The fourth-order valence-corrected chi connectivity index (χ4v) is 3.67. The molecule has 0 bridgehead atoms. The van der Waals surface area contributed by atoms with E-state index in [4.69, 9.17) is 9.47 Å². The summed E-state index contributed by atoms with van der Waals surface area (Å²) in [5.74, 6) is 1.48. The first kappa shape index (κ1) is 26.1. The van der Waals surface area contributed by atoms with E-state index in [1.165, 1.54) is 37.7 Å². The van der Waals surface area contributed by atoms with E-state index < -0.39 is 5.97 Å². The van der Waals surface area contributed by atoms with Crippen LogP contribution in [0.3, 0.4) is 0 Å². The second-order valence-corrected chi connectivity index (χ2v) is 8.65. The highest BCUT2D eigenvalue weighted by Gasteiger charge is 2.10. The van der Waals surface area contributed by atoms with Crippen LogP contribution in [0.2, 0.25) is 0 Å². The molecular weight excluding hydrogens is 436 g/mol. The maximum atomic E-state index is 12.5. The van der Waals surface area contributed by atoms with Crippen LogP contribution in [-0.2, 0) is 6.42 Å². The third kappa shape index (κ3) is 9.01. The molecule has 3 aromatic rings. The van der Waals surface area contributed by atoms with E-state index in [1.807, 2.05) is 30.6 Å². The molecule has 0 aliphatic heterocycles. The number of nitrogens with zero attached hydrogens (tertiary/aromatic N) is 2. The minimum Gasteiger partial charge on any atom is -0.494 e. The summed E-state index contributed by atoms with van der Waals surface area (Å²) in [6, 6.07) is 14.3. The van der Waals surface area contributed by atoms with Crippen molar-refractivity contribution in [2.24, 2.45) is 0 Å². The van der Waals surface area contributed by atoms with Crippen LogP contribution in [-0.4, -0.2) is 22.5 Å². The Morgan fingerprint density at radius 2 is 1.54 bits per heavy atom. The summed E-state index contributed by atoms with van der Waals surface area (Å²) in [7, 11) is 0. The molecule has 0 aliphatic carbocycles. The van der Waals surface area contributed by atoms with Crippen molar-refractivity contribution in [3.05, 3.63) is 84.7 Å². The monoisotopic (exact) mass is 472 g/mol. The average Bonchev–Trinajstić information content (AvgIpc) is 2.90. The zero-order valence-corrected chi connectivity index (χ0v) is 20.7. The number of carbonyl (C=O) groups excluding carboxylic acids is 1. The van der Waals surface area contributed by atoms with Gasteiger partial charge in [-0.25, -0.2) is 14.8 Å². The highest BCUT2D eigenvalue weighted by atomic mass is 16.5. The van der Waals surface area contributed by atoms with Gasteiger partial charge >= 0.3 is 5.97 Å². The second-order valence-electron chi connectivity index (χ2n) is 8.65. The van der Waals surface area contributed by atoms with Gasteiger partial charge in [0.15, 0.2) is 5.82 Å². The van der Waals surface area contributed by atoms with Crippen molar-refractivity contribution >= 4 is 5.97 Å². The Balaban J connectivity index is 1.47. The largest absolute Gasteiger partial charge is 0.494 e. The van der Waals surface area contributed by atoms with Crippen molar-refractivity contribution in [2.45, 2.75) is 64.7 Å². The Hall–Kier alpha value is -3.47. The van der Waals surface area contributed by atoms with E-state index in [0.717, 1.165) is 37.0 Å². The van der Waals surface area contributed by atoms with Gasteiger partial charge in [0, 0.05) is 18.0 Å². The van der Waals surface area contributed by atoms with Gasteiger partial charge in [0.25, 0.3) is 0 Å². The Morgan fingerprint density at radius 3 is 2.23 bits per heavy atom. The van der Waals surface area contributed by atoms with E-state index in [-0.39, 0.29) is 0 Å². The number of allylic oxidation sites excluding steroid dienone is 1. The molecule has 0 saturated heterocycles.